The van der Waals surface area contributed by atoms with E-state index in [4.69, 9.17) is 14.2 Å². The molecule has 6 nitrogen and oxygen atoms in total. The van der Waals surface area contributed by atoms with Crippen LogP contribution >= 0.6 is 0 Å². The summed E-state index contributed by atoms with van der Waals surface area (Å²) in [7, 11) is 0. The van der Waals surface area contributed by atoms with Gasteiger partial charge in [-0.2, -0.15) is 0 Å². The van der Waals surface area contributed by atoms with Crippen LogP contribution < -0.4 is 0 Å². The molecule has 0 aliphatic rings. The van der Waals surface area contributed by atoms with E-state index in [1.165, 1.54) is 19.3 Å². The van der Waals surface area contributed by atoms with Crippen LogP contribution in [0.1, 0.15) is 226 Å². The molecule has 1 atom stereocenters. The van der Waals surface area contributed by atoms with Gasteiger partial charge < -0.3 is 14.2 Å². The number of unbranched alkanes of at least 4 members (excludes halogenated alkanes) is 12. The van der Waals surface area contributed by atoms with Gasteiger partial charge in [0, 0.05) is 19.3 Å². The predicted octanol–water partition coefficient (Wildman–Crippen LogP) is 20.3. The van der Waals surface area contributed by atoms with E-state index in [0.717, 1.165) is 161 Å². The Morgan fingerprint density at radius 2 is 0.480 bits per heavy atom. The van der Waals surface area contributed by atoms with Crippen LogP contribution in [0.15, 0.2) is 170 Å². The van der Waals surface area contributed by atoms with E-state index in [1.54, 1.807) is 0 Å². The number of carbonyl (C=O) groups is 3. The molecule has 0 radical (unpaired) electrons. The minimum atomic E-state index is -0.826. The van der Waals surface area contributed by atoms with Gasteiger partial charge in [0.2, 0.25) is 0 Å². The Bertz CT molecular complexity index is 1750. The number of hydrogen-bond donors (Lipinski definition) is 0. The molecule has 0 fully saturated rings. The highest BCUT2D eigenvalue weighted by Crippen LogP contribution is 2.13. The second-order valence-electron chi connectivity index (χ2n) is 18.8. The zero-order chi connectivity index (χ0) is 54.3. The van der Waals surface area contributed by atoms with Crippen molar-refractivity contribution in [3.05, 3.63) is 170 Å². The van der Waals surface area contributed by atoms with Crippen LogP contribution in [0.4, 0.5) is 0 Å². The highest BCUT2D eigenvalue weighted by molar-refractivity contribution is 5.71. The molecular weight excluding hydrogens is 925 g/mol. The number of rotatable bonds is 51. The van der Waals surface area contributed by atoms with Crippen molar-refractivity contribution in [1.29, 1.82) is 0 Å². The quantitative estimate of drug-likeness (QED) is 0.0261. The van der Waals surface area contributed by atoms with Gasteiger partial charge in [-0.1, -0.05) is 229 Å². The van der Waals surface area contributed by atoms with Crippen molar-refractivity contribution in [1.82, 2.24) is 0 Å². The Labute approximate surface area is 460 Å². The van der Waals surface area contributed by atoms with Gasteiger partial charge >= 0.3 is 17.9 Å². The molecule has 418 valence electrons. The summed E-state index contributed by atoms with van der Waals surface area (Å²) < 4.78 is 16.8. The van der Waals surface area contributed by atoms with Gasteiger partial charge in [0.15, 0.2) is 6.10 Å². The molecule has 0 amide bonds. The van der Waals surface area contributed by atoms with E-state index in [1.807, 2.05) is 0 Å². The molecule has 75 heavy (non-hydrogen) atoms. The van der Waals surface area contributed by atoms with Gasteiger partial charge in [0.05, 0.1) is 0 Å². The van der Waals surface area contributed by atoms with Crippen molar-refractivity contribution < 1.29 is 28.6 Å². The topological polar surface area (TPSA) is 78.9 Å². The fourth-order valence-corrected chi connectivity index (χ4v) is 7.37. The molecule has 0 aromatic heterocycles. The van der Waals surface area contributed by atoms with E-state index in [9.17, 15) is 14.4 Å². The zero-order valence-corrected chi connectivity index (χ0v) is 47.7. The third-order valence-corrected chi connectivity index (χ3v) is 11.7. The molecule has 0 aliphatic carbocycles. The third-order valence-electron chi connectivity index (χ3n) is 11.7. The Hall–Kier alpha value is -5.23. The SMILES string of the molecule is CC/C=C\C/C=C\C/C=C\C/C=C\C/C=C\C/C=C\C/C=C\CCCCCCCCCC(=O)OCC(COC(=O)CCCCC/C=C\C/C=C\C/C=C\CC)OC(=O)CCCC/C=C\C/C=C\C/C=C\C/C=C\CC. The first-order valence-electron chi connectivity index (χ1n) is 29.6. The minimum Gasteiger partial charge on any atom is -0.462 e. The highest BCUT2D eigenvalue weighted by Gasteiger charge is 2.19. The molecule has 0 aliphatic heterocycles. The number of esters is 3. The first kappa shape index (κ1) is 69.8. The van der Waals surface area contributed by atoms with E-state index >= 15 is 0 Å². The second-order valence-corrected chi connectivity index (χ2v) is 18.8. The maximum atomic E-state index is 12.8. The molecular formula is C69H106O6. The normalized spacial score (nSPS) is 13.4. The van der Waals surface area contributed by atoms with Crippen molar-refractivity contribution in [2.75, 3.05) is 13.2 Å². The summed E-state index contributed by atoms with van der Waals surface area (Å²) in [5.41, 5.74) is 0. The van der Waals surface area contributed by atoms with Crippen molar-refractivity contribution in [3.63, 3.8) is 0 Å². The molecule has 0 heterocycles. The minimum absolute atomic E-state index is 0.118. The number of ether oxygens (including phenoxy) is 3. The molecule has 0 aromatic rings. The van der Waals surface area contributed by atoms with Crippen LogP contribution in [0.2, 0.25) is 0 Å². The molecule has 0 saturated heterocycles. The first-order chi connectivity index (χ1) is 37.0. The molecule has 0 bridgehead atoms. The monoisotopic (exact) mass is 1030 g/mol. The zero-order valence-electron chi connectivity index (χ0n) is 47.7. The molecule has 1 unspecified atom stereocenters. The van der Waals surface area contributed by atoms with E-state index < -0.39 is 6.10 Å². The summed E-state index contributed by atoms with van der Waals surface area (Å²) in [6.45, 7) is 6.20. The van der Waals surface area contributed by atoms with Crippen molar-refractivity contribution in [2.45, 2.75) is 232 Å². The Balaban J connectivity index is 4.41. The molecule has 0 rings (SSSR count). The second kappa shape index (κ2) is 61.3. The lowest BCUT2D eigenvalue weighted by molar-refractivity contribution is -0.167. The summed E-state index contributed by atoms with van der Waals surface area (Å²) in [6.07, 6.45) is 90.7. The van der Waals surface area contributed by atoms with Crippen molar-refractivity contribution in [2.24, 2.45) is 0 Å². The molecule has 0 saturated carbocycles. The van der Waals surface area contributed by atoms with E-state index in [0.29, 0.717) is 19.3 Å². The average Bonchev–Trinajstić information content (AvgIpc) is 3.41. The van der Waals surface area contributed by atoms with Crippen LogP contribution in [-0.4, -0.2) is 37.2 Å². The maximum absolute atomic E-state index is 12.8. The van der Waals surface area contributed by atoms with Crippen LogP contribution in [0.5, 0.6) is 0 Å². The largest absolute Gasteiger partial charge is 0.462 e. The Morgan fingerprint density at radius 3 is 0.787 bits per heavy atom. The van der Waals surface area contributed by atoms with Gasteiger partial charge in [-0.3, -0.25) is 14.4 Å². The smallest absolute Gasteiger partial charge is 0.306 e. The fraction of sp³-hybridized carbons (Fsp3) is 0.551. The molecule has 0 aromatic carbocycles. The molecule has 6 heteroatoms. The van der Waals surface area contributed by atoms with Crippen LogP contribution in [-0.2, 0) is 28.6 Å². The van der Waals surface area contributed by atoms with Crippen LogP contribution in [0.25, 0.3) is 0 Å². The lowest BCUT2D eigenvalue weighted by atomic mass is 10.1. The maximum Gasteiger partial charge on any atom is 0.306 e. The summed E-state index contributed by atoms with van der Waals surface area (Å²) in [5, 5.41) is 0. The number of carbonyl (C=O) groups excluding carboxylic acids is 3. The van der Waals surface area contributed by atoms with Gasteiger partial charge in [-0.25, -0.2) is 0 Å². The lowest BCUT2D eigenvalue weighted by Gasteiger charge is -2.18. The van der Waals surface area contributed by atoms with E-state index in [2.05, 4.69) is 191 Å². The fourth-order valence-electron chi connectivity index (χ4n) is 7.37. The van der Waals surface area contributed by atoms with Gasteiger partial charge in [0.25, 0.3) is 0 Å². The summed E-state index contributed by atoms with van der Waals surface area (Å²) >= 11 is 0. The molecule has 0 N–H and O–H groups in total. The number of hydrogen-bond acceptors (Lipinski definition) is 6. The van der Waals surface area contributed by atoms with Crippen LogP contribution in [0.3, 0.4) is 0 Å². The van der Waals surface area contributed by atoms with E-state index in [-0.39, 0.29) is 37.5 Å². The lowest BCUT2D eigenvalue weighted by Crippen LogP contribution is -2.30. The Kier molecular flexibility index (Phi) is 57.0. The first-order valence-corrected chi connectivity index (χ1v) is 29.6. The third kappa shape index (κ3) is 59.5. The highest BCUT2D eigenvalue weighted by atomic mass is 16.6. The van der Waals surface area contributed by atoms with Gasteiger partial charge in [-0.05, 0) is 148 Å². The number of allylic oxidation sites excluding steroid dienone is 28. The molecule has 0 spiro atoms. The summed E-state index contributed by atoms with van der Waals surface area (Å²) in [5.74, 6) is -1.01. The van der Waals surface area contributed by atoms with Crippen molar-refractivity contribution in [3.8, 4) is 0 Å². The summed E-state index contributed by atoms with van der Waals surface area (Å²) in [6, 6.07) is 0. The van der Waals surface area contributed by atoms with Crippen molar-refractivity contribution >= 4 is 17.9 Å². The predicted molar refractivity (Wildman–Crippen MR) is 325 cm³/mol. The standard InChI is InChI=1S/C69H106O6/c1-4-7-10-13-16-19-22-25-27-28-29-30-31-32-33-34-35-36-37-38-39-40-42-44-47-50-53-56-59-62-68(71)74-65-66(64-73-67(70)61-58-55-52-49-46-43-24-21-18-15-12-9-6-3)75-69(72)63-60-57-54-51-48-45-41-26-23-20-17-14-11-8-5-2/h7-12,16-21,25-27,29-30,32-33,35-36,38-39,41,43,46,48,51,66H,4-6,13-15,22-24,28,31,34,37,40,42,44-45,47,49-50,52-65H2,1-3H3/b10-7-,11-8-,12-9-,19-16-,20-17-,21-18-,27-25-,30-29-,33-32-,36-35-,39-38-,41-26-,46-43-,51-48-. The van der Waals surface area contributed by atoms with Gasteiger partial charge in [-0.15, -0.1) is 0 Å². The average molecular weight is 1030 g/mol. The van der Waals surface area contributed by atoms with Crippen LogP contribution in [0, 0.1) is 0 Å². The Morgan fingerprint density at radius 1 is 0.267 bits per heavy atom. The summed E-state index contributed by atoms with van der Waals surface area (Å²) in [4.78, 5) is 38.1. The van der Waals surface area contributed by atoms with Gasteiger partial charge in [0.1, 0.15) is 13.2 Å².